The molecule has 2 atom stereocenters. The molecule has 2 aromatic carbocycles. The van der Waals surface area contributed by atoms with Crippen LogP contribution < -0.4 is 14.8 Å². The highest BCUT2D eigenvalue weighted by Gasteiger charge is 2.44. The molecule has 1 N–H and O–H groups in total. The van der Waals surface area contributed by atoms with Gasteiger partial charge < -0.3 is 19.7 Å². The Labute approximate surface area is 244 Å². The number of aryl methyl sites for hydroxylation is 2. The average molecular weight is 587 g/mol. The van der Waals surface area contributed by atoms with Crippen molar-refractivity contribution < 1.29 is 32.2 Å². The lowest BCUT2D eigenvalue weighted by Crippen LogP contribution is -2.49. The van der Waals surface area contributed by atoms with Crippen molar-refractivity contribution in [3.63, 3.8) is 0 Å². The number of nitrogens with zero attached hydrogens (tertiary/aromatic N) is 1. The summed E-state index contributed by atoms with van der Waals surface area (Å²) in [5.41, 5.74) is 5.04. The summed E-state index contributed by atoms with van der Waals surface area (Å²) in [5.74, 6) is -0.0656. The molecule has 2 aromatic rings. The van der Waals surface area contributed by atoms with Gasteiger partial charge in [-0.2, -0.15) is 13.2 Å². The molecule has 9 heteroatoms. The molecule has 1 amide bonds. The van der Waals surface area contributed by atoms with Crippen molar-refractivity contribution in [3.8, 4) is 11.5 Å². The molecule has 0 heterocycles. The lowest BCUT2D eigenvalue weighted by Gasteiger charge is -2.35. The number of amides is 1. The summed E-state index contributed by atoms with van der Waals surface area (Å²) in [7, 11) is 3.29. The predicted molar refractivity (Wildman–Crippen MR) is 158 cm³/mol. The molecule has 0 saturated carbocycles. The summed E-state index contributed by atoms with van der Waals surface area (Å²) in [4.78, 5) is 12.7. The van der Waals surface area contributed by atoms with E-state index in [1.54, 1.807) is 21.1 Å². The minimum atomic E-state index is -4.82. The zero-order valence-electron chi connectivity index (χ0n) is 26.4. The Morgan fingerprint density at radius 1 is 0.927 bits per heavy atom. The molecule has 2 aliphatic rings. The first-order valence-corrected chi connectivity index (χ1v) is 14.6. The quantitative estimate of drug-likeness (QED) is 0.336. The van der Waals surface area contributed by atoms with E-state index in [9.17, 15) is 18.0 Å². The van der Waals surface area contributed by atoms with E-state index in [1.807, 2.05) is 32.0 Å². The van der Waals surface area contributed by atoms with Crippen LogP contribution in [-0.2, 0) is 30.5 Å². The number of fused-ring (bicyclic) bond motifs is 2. The molecule has 0 spiro atoms. The Morgan fingerprint density at radius 2 is 1.46 bits per heavy atom. The Balaban J connectivity index is 0.000000389. The molecular formula is C32H48F4N2O3. The van der Waals surface area contributed by atoms with Gasteiger partial charge in [0, 0.05) is 18.6 Å². The minimum Gasteiger partial charge on any atom is -0.497 e. The number of hydrogen-bond acceptors (Lipinski definition) is 4. The van der Waals surface area contributed by atoms with Gasteiger partial charge in [-0.15, -0.1) is 0 Å². The molecule has 0 aromatic heterocycles. The van der Waals surface area contributed by atoms with Gasteiger partial charge in [0.05, 0.1) is 14.2 Å². The average Bonchev–Trinajstić information content (AvgIpc) is 3.03. The maximum absolute atomic E-state index is 12.8. The highest BCUT2D eigenvalue weighted by Crippen LogP contribution is 2.30. The molecular weight excluding hydrogens is 536 g/mol. The highest BCUT2D eigenvalue weighted by atomic mass is 19.4. The number of carbonyl (C=O) groups excluding carboxylic acids is 1. The maximum atomic E-state index is 12.8. The molecule has 41 heavy (non-hydrogen) atoms. The van der Waals surface area contributed by atoms with Crippen molar-refractivity contribution in [1.82, 2.24) is 10.2 Å². The van der Waals surface area contributed by atoms with Crippen LogP contribution in [0.3, 0.4) is 0 Å². The summed E-state index contributed by atoms with van der Waals surface area (Å²) < 4.78 is 61.8. The smallest absolute Gasteiger partial charge is 0.471 e. The molecule has 2 aliphatic carbocycles. The molecule has 2 unspecified atom stereocenters. The number of methoxy groups -OCH3 is 2. The van der Waals surface area contributed by atoms with E-state index in [1.165, 1.54) is 30.4 Å². The Morgan fingerprint density at radius 3 is 1.95 bits per heavy atom. The SMILES string of the molecule is CC.CCCN(C(=O)C(F)(F)F)C1CCc2ccc(OC)cc2C1.CCCNC1CCc2ccc(OC)cc2C1.[3H]F. The maximum Gasteiger partial charge on any atom is 0.471 e. The van der Waals surface area contributed by atoms with Crippen molar-refractivity contribution in [2.24, 2.45) is 0 Å². The second-order valence-corrected chi connectivity index (χ2v) is 10.1. The third-order valence-corrected chi connectivity index (χ3v) is 7.35. The summed E-state index contributed by atoms with van der Waals surface area (Å²) in [6, 6.07) is 12.4. The first kappa shape index (κ1) is 34.4. The minimum absolute atomic E-state index is 0.127. The molecule has 232 valence electrons. The van der Waals surface area contributed by atoms with Crippen LogP contribution in [0.1, 0.15) is 75.6 Å². The summed E-state index contributed by atoms with van der Waals surface area (Å²) >= 11 is 0. The normalized spacial score (nSPS) is 17.4. The first-order valence-electron chi connectivity index (χ1n) is 15.0. The van der Waals surface area contributed by atoms with E-state index in [0.717, 1.165) is 34.7 Å². The predicted octanol–water partition coefficient (Wildman–Crippen LogP) is 7.08. The lowest BCUT2D eigenvalue weighted by atomic mass is 9.87. The zero-order valence-corrected chi connectivity index (χ0v) is 25.4. The van der Waals surface area contributed by atoms with Crippen molar-refractivity contribution >= 4 is 5.91 Å². The molecule has 0 fully saturated rings. The van der Waals surface area contributed by atoms with Crippen molar-refractivity contribution in [2.75, 3.05) is 27.3 Å². The number of benzene rings is 2. The number of nitrogens with one attached hydrogen (secondary N) is 1. The van der Waals surface area contributed by atoms with Crippen molar-refractivity contribution in [2.45, 2.75) is 97.3 Å². The van der Waals surface area contributed by atoms with Crippen LogP contribution in [0, 0.1) is 0 Å². The van der Waals surface area contributed by atoms with Crippen LogP contribution in [0.15, 0.2) is 36.4 Å². The molecule has 0 aliphatic heterocycles. The van der Waals surface area contributed by atoms with Gasteiger partial charge in [-0.25, -0.2) is 0 Å². The van der Waals surface area contributed by atoms with Gasteiger partial charge >= 0.3 is 12.1 Å². The largest absolute Gasteiger partial charge is 0.497 e. The van der Waals surface area contributed by atoms with E-state index in [2.05, 4.69) is 31.9 Å². The second-order valence-electron chi connectivity index (χ2n) is 10.1. The zero-order chi connectivity index (χ0) is 31.7. The van der Waals surface area contributed by atoms with E-state index in [4.69, 9.17) is 14.2 Å². The lowest BCUT2D eigenvalue weighted by molar-refractivity contribution is -0.188. The summed E-state index contributed by atoms with van der Waals surface area (Å²) in [6.07, 6.45) is 2.17. The fourth-order valence-electron chi connectivity index (χ4n) is 5.34. The Kier molecular flexibility index (Phi) is 15.0. The van der Waals surface area contributed by atoms with Gasteiger partial charge in [0.2, 0.25) is 0 Å². The number of alkyl halides is 3. The fourth-order valence-corrected chi connectivity index (χ4v) is 5.34. The number of hydrogen-bond donors (Lipinski definition) is 1. The van der Waals surface area contributed by atoms with E-state index in [-0.39, 0.29) is 6.54 Å². The standard InChI is InChI=1S/C16H20F3NO2.C14H21NO.C2H6.FH/c1-3-8-20(15(21)16(17,18)19)13-6-4-11-5-7-14(22-2)10-12(11)9-13;1-3-8-15-13-6-4-11-5-7-14(16-2)10-12(11)9-13;1-2;/h5,7,10,13H,3-4,6,8-9H2,1-2H3;5,7,10,13,15H,3-4,6,8-9H2,1-2H3;1-2H3;1H/i/hT. The van der Waals surface area contributed by atoms with Crippen molar-refractivity contribution in [1.29, 1.82) is 1.45 Å². The number of ether oxygens (including phenoxy) is 2. The highest BCUT2D eigenvalue weighted by molar-refractivity contribution is 5.82. The van der Waals surface area contributed by atoms with Gasteiger partial charge in [-0.3, -0.25) is 9.51 Å². The third kappa shape index (κ3) is 10.5. The van der Waals surface area contributed by atoms with Gasteiger partial charge in [-0.05, 0) is 104 Å². The second kappa shape index (κ2) is 17.9. The fraction of sp³-hybridized carbons (Fsp3) is 0.594. The molecule has 5 nitrogen and oxygen atoms in total. The first-order chi connectivity index (χ1) is 20.2. The summed E-state index contributed by atoms with van der Waals surface area (Å²) in [6.45, 7) is 9.25. The van der Waals surface area contributed by atoms with E-state index in [0.29, 0.717) is 37.5 Å². The van der Waals surface area contributed by atoms with Gasteiger partial charge in [0.25, 0.3) is 1.45 Å². The number of rotatable bonds is 8. The van der Waals surface area contributed by atoms with Crippen LogP contribution in [0.4, 0.5) is 17.9 Å². The number of carbonyl (C=O) groups is 1. The number of halogens is 4. The van der Waals surface area contributed by atoms with Crippen LogP contribution >= 0.6 is 0 Å². The Hall–Kier alpha value is -2.81. The van der Waals surface area contributed by atoms with E-state index < -0.39 is 18.1 Å². The Bertz CT molecular complexity index is 1070. The monoisotopic (exact) mass is 586 g/mol. The summed E-state index contributed by atoms with van der Waals surface area (Å²) in [5, 5.41) is 3.61. The molecule has 4 rings (SSSR count). The van der Waals surface area contributed by atoms with Crippen LogP contribution in [0.2, 0.25) is 0 Å². The van der Waals surface area contributed by atoms with Crippen LogP contribution in [0.5, 0.6) is 11.5 Å². The molecule has 0 radical (unpaired) electrons. The van der Waals surface area contributed by atoms with Gasteiger partial charge in [0.15, 0.2) is 0 Å². The van der Waals surface area contributed by atoms with Crippen LogP contribution in [-0.4, -0.2) is 57.8 Å². The van der Waals surface area contributed by atoms with Gasteiger partial charge in [-0.1, -0.05) is 39.8 Å². The van der Waals surface area contributed by atoms with Crippen molar-refractivity contribution in [3.05, 3.63) is 58.7 Å². The molecule has 0 bridgehead atoms. The molecule has 0 saturated heterocycles. The van der Waals surface area contributed by atoms with Crippen LogP contribution in [0.25, 0.3) is 0 Å². The topological polar surface area (TPSA) is 50.8 Å². The third-order valence-electron chi connectivity index (χ3n) is 7.35. The van der Waals surface area contributed by atoms with E-state index >= 15 is 0 Å². The van der Waals surface area contributed by atoms with Gasteiger partial charge in [0.1, 0.15) is 11.5 Å².